The van der Waals surface area contributed by atoms with Crippen LogP contribution in [-0.4, -0.2) is 22.6 Å². The summed E-state index contributed by atoms with van der Waals surface area (Å²) in [5.74, 6) is 0.511. The second-order valence-corrected chi connectivity index (χ2v) is 4.84. The number of hydrogen-bond donors (Lipinski definition) is 2. The van der Waals surface area contributed by atoms with Gasteiger partial charge in [-0.1, -0.05) is 12.1 Å². The number of nitrogens with zero attached hydrogens (tertiary/aromatic N) is 2. The SMILES string of the molecule is CCCNc1ccc(C(=O)NCc2c(C)noc2C)nc1. The lowest BCUT2D eigenvalue weighted by Gasteiger charge is -2.06. The highest BCUT2D eigenvalue weighted by Gasteiger charge is 2.12. The molecule has 0 saturated heterocycles. The second kappa shape index (κ2) is 6.88. The molecule has 0 aliphatic rings. The first-order valence-corrected chi connectivity index (χ1v) is 7.01. The highest BCUT2D eigenvalue weighted by atomic mass is 16.5. The number of pyridine rings is 1. The zero-order chi connectivity index (χ0) is 15.2. The van der Waals surface area contributed by atoms with Crippen molar-refractivity contribution < 1.29 is 9.32 Å². The summed E-state index contributed by atoms with van der Waals surface area (Å²) in [6.45, 7) is 7.05. The number of aryl methyl sites for hydroxylation is 2. The van der Waals surface area contributed by atoms with E-state index in [1.54, 1.807) is 12.3 Å². The average Bonchev–Trinajstić information content (AvgIpc) is 2.82. The van der Waals surface area contributed by atoms with E-state index in [2.05, 4.69) is 27.7 Å². The Morgan fingerprint density at radius 3 is 2.71 bits per heavy atom. The summed E-state index contributed by atoms with van der Waals surface area (Å²) in [6, 6.07) is 3.56. The lowest BCUT2D eigenvalue weighted by atomic mass is 10.2. The first-order chi connectivity index (χ1) is 10.1. The van der Waals surface area contributed by atoms with Gasteiger partial charge in [0.2, 0.25) is 0 Å². The van der Waals surface area contributed by atoms with Gasteiger partial charge in [-0.3, -0.25) is 4.79 Å². The van der Waals surface area contributed by atoms with Gasteiger partial charge >= 0.3 is 0 Å². The van der Waals surface area contributed by atoms with Crippen molar-refractivity contribution in [3.63, 3.8) is 0 Å². The first kappa shape index (κ1) is 15.0. The van der Waals surface area contributed by atoms with Crippen LogP contribution in [0.25, 0.3) is 0 Å². The van der Waals surface area contributed by atoms with Crippen molar-refractivity contribution in [3.8, 4) is 0 Å². The largest absolute Gasteiger partial charge is 0.384 e. The van der Waals surface area contributed by atoms with E-state index in [1.807, 2.05) is 19.9 Å². The van der Waals surface area contributed by atoms with E-state index in [0.29, 0.717) is 12.2 Å². The zero-order valence-electron chi connectivity index (χ0n) is 12.6. The summed E-state index contributed by atoms with van der Waals surface area (Å²) in [7, 11) is 0. The molecule has 6 nitrogen and oxygen atoms in total. The third-order valence-electron chi connectivity index (χ3n) is 3.18. The summed E-state index contributed by atoms with van der Waals surface area (Å²) in [5, 5.41) is 9.90. The minimum absolute atomic E-state index is 0.211. The van der Waals surface area contributed by atoms with E-state index in [0.717, 1.165) is 35.7 Å². The molecule has 0 bridgehead atoms. The molecule has 2 N–H and O–H groups in total. The summed E-state index contributed by atoms with van der Waals surface area (Å²) in [6.07, 6.45) is 2.71. The highest BCUT2D eigenvalue weighted by Crippen LogP contribution is 2.12. The molecule has 6 heteroatoms. The zero-order valence-corrected chi connectivity index (χ0v) is 12.6. The van der Waals surface area contributed by atoms with Gasteiger partial charge in [-0.2, -0.15) is 0 Å². The normalized spacial score (nSPS) is 10.4. The second-order valence-electron chi connectivity index (χ2n) is 4.84. The Labute approximate surface area is 123 Å². The van der Waals surface area contributed by atoms with E-state index in [-0.39, 0.29) is 5.91 Å². The Bertz CT molecular complexity index is 585. The van der Waals surface area contributed by atoms with E-state index in [9.17, 15) is 4.79 Å². The van der Waals surface area contributed by atoms with Crippen molar-refractivity contribution in [2.45, 2.75) is 33.7 Å². The van der Waals surface area contributed by atoms with E-state index in [4.69, 9.17) is 4.52 Å². The van der Waals surface area contributed by atoms with Gasteiger partial charge in [0, 0.05) is 18.7 Å². The number of rotatable bonds is 6. The molecular formula is C15H20N4O2. The minimum Gasteiger partial charge on any atom is -0.384 e. The van der Waals surface area contributed by atoms with Crippen LogP contribution in [0.4, 0.5) is 5.69 Å². The summed E-state index contributed by atoms with van der Waals surface area (Å²) in [5.41, 5.74) is 3.01. The van der Waals surface area contributed by atoms with Gasteiger partial charge in [-0.05, 0) is 32.4 Å². The van der Waals surface area contributed by atoms with Crippen LogP contribution >= 0.6 is 0 Å². The van der Waals surface area contributed by atoms with Crippen molar-refractivity contribution in [3.05, 3.63) is 41.0 Å². The fraction of sp³-hybridized carbons (Fsp3) is 0.400. The number of amides is 1. The highest BCUT2D eigenvalue weighted by molar-refractivity contribution is 5.92. The smallest absolute Gasteiger partial charge is 0.270 e. The van der Waals surface area contributed by atoms with Crippen molar-refractivity contribution in [1.29, 1.82) is 0 Å². The number of carbonyl (C=O) groups excluding carboxylic acids is 1. The molecule has 2 aromatic rings. The Kier molecular flexibility index (Phi) is 4.92. The molecule has 0 fully saturated rings. The topological polar surface area (TPSA) is 80.0 Å². The van der Waals surface area contributed by atoms with Crippen molar-refractivity contribution >= 4 is 11.6 Å². The third-order valence-corrected chi connectivity index (χ3v) is 3.18. The molecular weight excluding hydrogens is 268 g/mol. The van der Waals surface area contributed by atoms with E-state index in [1.165, 1.54) is 0 Å². The van der Waals surface area contributed by atoms with Crippen LogP contribution in [0.1, 0.15) is 40.9 Å². The molecule has 0 spiro atoms. The van der Waals surface area contributed by atoms with E-state index < -0.39 is 0 Å². The predicted molar refractivity (Wildman–Crippen MR) is 80.2 cm³/mol. The molecule has 2 heterocycles. The monoisotopic (exact) mass is 288 g/mol. The molecule has 0 unspecified atom stereocenters. The molecule has 2 rings (SSSR count). The maximum atomic E-state index is 12.0. The summed E-state index contributed by atoms with van der Waals surface area (Å²) >= 11 is 0. The molecule has 21 heavy (non-hydrogen) atoms. The van der Waals surface area contributed by atoms with Gasteiger partial charge in [-0.25, -0.2) is 4.98 Å². The number of hydrogen-bond acceptors (Lipinski definition) is 5. The van der Waals surface area contributed by atoms with Crippen molar-refractivity contribution in [1.82, 2.24) is 15.5 Å². The van der Waals surface area contributed by atoms with Crippen LogP contribution in [0.2, 0.25) is 0 Å². The lowest BCUT2D eigenvalue weighted by Crippen LogP contribution is -2.24. The fourth-order valence-corrected chi connectivity index (χ4v) is 1.92. The van der Waals surface area contributed by atoms with Gasteiger partial charge in [-0.15, -0.1) is 0 Å². The molecule has 0 radical (unpaired) electrons. The third kappa shape index (κ3) is 3.81. The first-order valence-electron chi connectivity index (χ1n) is 7.01. The minimum atomic E-state index is -0.211. The van der Waals surface area contributed by atoms with Gasteiger partial charge < -0.3 is 15.2 Å². The molecule has 0 aromatic carbocycles. The Morgan fingerprint density at radius 1 is 1.33 bits per heavy atom. The number of carbonyl (C=O) groups is 1. The molecule has 2 aromatic heterocycles. The van der Waals surface area contributed by atoms with E-state index >= 15 is 0 Å². The quantitative estimate of drug-likeness (QED) is 0.853. The number of aromatic nitrogens is 2. The average molecular weight is 288 g/mol. The predicted octanol–water partition coefficient (Wildman–Crippen LogP) is 2.44. The molecule has 112 valence electrons. The van der Waals surface area contributed by atoms with Crippen LogP contribution in [0, 0.1) is 13.8 Å². The van der Waals surface area contributed by atoms with Gasteiger partial charge in [0.05, 0.1) is 17.6 Å². The van der Waals surface area contributed by atoms with Crippen LogP contribution in [-0.2, 0) is 6.54 Å². The van der Waals surface area contributed by atoms with Crippen molar-refractivity contribution in [2.75, 3.05) is 11.9 Å². The van der Waals surface area contributed by atoms with Crippen LogP contribution < -0.4 is 10.6 Å². The maximum absolute atomic E-state index is 12.0. The number of nitrogens with one attached hydrogen (secondary N) is 2. The van der Waals surface area contributed by atoms with Gasteiger partial charge in [0.25, 0.3) is 5.91 Å². The molecule has 0 aliphatic heterocycles. The fourth-order valence-electron chi connectivity index (χ4n) is 1.92. The Hall–Kier alpha value is -2.37. The standard InChI is InChI=1S/C15H20N4O2/c1-4-7-16-12-5-6-14(17-8-12)15(20)18-9-13-10(2)19-21-11(13)3/h5-6,8,16H,4,7,9H2,1-3H3,(H,18,20). The van der Waals surface area contributed by atoms with Crippen LogP contribution in [0.5, 0.6) is 0 Å². The maximum Gasteiger partial charge on any atom is 0.270 e. The lowest BCUT2D eigenvalue weighted by molar-refractivity contribution is 0.0946. The molecule has 0 aliphatic carbocycles. The van der Waals surface area contributed by atoms with Gasteiger partial charge in [0.15, 0.2) is 0 Å². The molecule has 1 amide bonds. The Morgan fingerprint density at radius 2 is 2.14 bits per heavy atom. The van der Waals surface area contributed by atoms with Crippen LogP contribution in [0.3, 0.4) is 0 Å². The van der Waals surface area contributed by atoms with Gasteiger partial charge in [0.1, 0.15) is 11.5 Å². The van der Waals surface area contributed by atoms with Crippen LogP contribution in [0.15, 0.2) is 22.9 Å². The summed E-state index contributed by atoms with van der Waals surface area (Å²) in [4.78, 5) is 16.2. The molecule has 0 atom stereocenters. The van der Waals surface area contributed by atoms with Crippen molar-refractivity contribution in [2.24, 2.45) is 0 Å². The number of anilines is 1. The molecule has 0 saturated carbocycles. The Balaban J connectivity index is 1.94. The summed E-state index contributed by atoms with van der Waals surface area (Å²) < 4.78 is 5.06.